The fourth-order valence-corrected chi connectivity index (χ4v) is 3.23. The van der Waals surface area contributed by atoms with Gasteiger partial charge in [0.1, 0.15) is 0 Å². The predicted octanol–water partition coefficient (Wildman–Crippen LogP) is 5.03. The van der Waals surface area contributed by atoms with Crippen LogP contribution in [0.25, 0.3) is 22.1 Å². The summed E-state index contributed by atoms with van der Waals surface area (Å²) in [6.45, 7) is 0. The molecule has 0 saturated heterocycles. The van der Waals surface area contributed by atoms with Gasteiger partial charge in [-0.1, -0.05) is 17.7 Å². The summed E-state index contributed by atoms with van der Waals surface area (Å²) in [5.41, 5.74) is 0.509. The van der Waals surface area contributed by atoms with E-state index in [2.05, 4.69) is 27.6 Å². The Balaban J connectivity index is 2.21. The first-order valence-corrected chi connectivity index (χ1v) is 8.13. The normalized spacial score (nSPS) is 10.8. The van der Waals surface area contributed by atoms with Gasteiger partial charge >= 0.3 is 5.97 Å². The number of halogens is 2. The van der Waals surface area contributed by atoms with E-state index in [4.69, 9.17) is 16.0 Å². The Morgan fingerprint density at radius 3 is 2.86 bits per heavy atom. The SMILES string of the molecule is O=C(O)c1nc(-c2cccs2)oc1-c1cc(Cl)ccc1I. The monoisotopic (exact) mass is 431 g/mol. The van der Waals surface area contributed by atoms with Gasteiger partial charge in [-0.15, -0.1) is 11.3 Å². The summed E-state index contributed by atoms with van der Waals surface area (Å²) >= 11 is 9.54. The van der Waals surface area contributed by atoms with E-state index >= 15 is 0 Å². The largest absolute Gasteiger partial charge is 0.476 e. The molecule has 0 aliphatic carbocycles. The second kappa shape index (κ2) is 5.78. The summed E-state index contributed by atoms with van der Waals surface area (Å²) in [6.07, 6.45) is 0. The summed E-state index contributed by atoms with van der Waals surface area (Å²) in [6, 6.07) is 8.90. The van der Waals surface area contributed by atoms with Crippen molar-refractivity contribution in [2.75, 3.05) is 0 Å². The minimum atomic E-state index is -1.13. The highest BCUT2D eigenvalue weighted by atomic mass is 127. The van der Waals surface area contributed by atoms with Gasteiger partial charge in [-0.2, -0.15) is 0 Å². The Hall–Kier alpha value is -1.38. The van der Waals surface area contributed by atoms with Gasteiger partial charge in [0.2, 0.25) is 5.89 Å². The van der Waals surface area contributed by atoms with Gasteiger partial charge in [0.05, 0.1) is 4.88 Å². The van der Waals surface area contributed by atoms with Crippen molar-refractivity contribution in [3.05, 3.63) is 50.0 Å². The maximum Gasteiger partial charge on any atom is 0.358 e. The number of hydrogen-bond donors (Lipinski definition) is 1. The molecule has 3 aromatic rings. The molecule has 1 aromatic carbocycles. The van der Waals surface area contributed by atoms with Crippen LogP contribution in [0, 0.1) is 3.57 Å². The maximum atomic E-state index is 11.4. The van der Waals surface area contributed by atoms with Gasteiger partial charge in [0.15, 0.2) is 11.5 Å². The van der Waals surface area contributed by atoms with Crippen LogP contribution in [0.2, 0.25) is 5.02 Å². The minimum Gasteiger partial charge on any atom is -0.476 e. The fourth-order valence-electron chi connectivity index (χ4n) is 1.82. The van der Waals surface area contributed by atoms with Gasteiger partial charge in [-0.3, -0.25) is 0 Å². The first-order chi connectivity index (χ1) is 10.1. The number of carboxylic acids is 1. The highest BCUT2D eigenvalue weighted by molar-refractivity contribution is 14.1. The van der Waals surface area contributed by atoms with Crippen LogP contribution in [-0.4, -0.2) is 16.1 Å². The van der Waals surface area contributed by atoms with Crippen molar-refractivity contribution in [2.45, 2.75) is 0 Å². The zero-order valence-corrected chi connectivity index (χ0v) is 14.1. The predicted molar refractivity (Wildman–Crippen MR) is 89.9 cm³/mol. The standard InChI is InChI=1S/C14H7ClINO3S/c15-7-3-4-9(16)8(6-7)12-11(14(18)19)17-13(20-12)10-2-1-5-21-10/h1-6H,(H,18,19). The van der Waals surface area contributed by atoms with Crippen LogP contribution in [-0.2, 0) is 0 Å². The fraction of sp³-hybridized carbons (Fsp3) is 0. The number of oxazole rings is 1. The van der Waals surface area contributed by atoms with Crippen LogP contribution in [0.1, 0.15) is 10.5 Å². The molecule has 21 heavy (non-hydrogen) atoms. The van der Waals surface area contributed by atoms with E-state index in [1.54, 1.807) is 18.2 Å². The molecule has 0 atom stereocenters. The molecule has 0 bridgehead atoms. The number of aromatic carboxylic acids is 1. The Bertz CT molecular complexity index is 814. The van der Waals surface area contributed by atoms with Gasteiger partial charge in [-0.25, -0.2) is 9.78 Å². The number of carboxylic acid groups (broad SMARTS) is 1. The summed E-state index contributed by atoms with van der Waals surface area (Å²) < 4.78 is 6.54. The maximum absolute atomic E-state index is 11.4. The van der Waals surface area contributed by atoms with Crippen LogP contribution in [0.5, 0.6) is 0 Å². The van der Waals surface area contributed by atoms with Crippen LogP contribution in [0.15, 0.2) is 40.1 Å². The second-order valence-corrected chi connectivity index (χ2v) is 6.65. The molecule has 0 amide bonds. The minimum absolute atomic E-state index is 0.112. The van der Waals surface area contributed by atoms with Crippen molar-refractivity contribution in [3.8, 4) is 22.1 Å². The zero-order chi connectivity index (χ0) is 15.0. The Kier molecular flexibility index (Phi) is 4.01. The zero-order valence-electron chi connectivity index (χ0n) is 10.3. The molecular formula is C14H7ClINO3S. The smallest absolute Gasteiger partial charge is 0.358 e. The van der Waals surface area contributed by atoms with E-state index in [-0.39, 0.29) is 11.5 Å². The third-order valence-electron chi connectivity index (χ3n) is 2.73. The molecule has 2 heterocycles. The number of benzene rings is 1. The lowest BCUT2D eigenvalue weighted by molar-refractivity contribution is 0.0691. The molecular weight excluding hydrogens is 425 g/mol. The van der Waals surface area contributed by atoms with Crippen LogP contribution in [0.4, 0.5) is 0 Å². The number of aromatic nitrogens is 1. The average molecular weight is 432 g/mol. The Labute approximate surface area is 142 Å². The van der Waals surface area contributed by atoms with Crippen LogP contribution in [0.3, 0.4) is 0 Å². The molecule has 7 heteroatoms. The van der Waals surface area contributed by atoms with Crippen molar-refractivity contribution in [3.63, 3.8) is 0 Å². The number of nitrogens with zero attached hydrogens (tertiary/aromatic N) is 1. The molecule has 1 N–H and O–H groups in total. The van der Waals surface area contributed by atoms with Crippen molar-refractivity contribution in [2.24, 2.45) is 0 Å². The van der Waals surface area contributed by atoms with E-state index in [9.17, 15) is 9.90 Å². The lowest BCUT2D eigenvalue weighted by atomic mass is 10.1. The molecule has 106 valence electrons. The lowest BCUT2D eigenvalue weighted by Gasteiger charge is -2.02. The highest BCUT2D eigenvalue weighted by Gasteiger charge is 2.23. The molecule has 3 rings (SSSR count). The van der Waals surface area contributed by atoms with Crippen molar-refractivity contribution < 1.29 is 14.3 Å². The molecule has 0 saturated carbocycles. The highest BCUT2D eigenvalue weighted by Crippen LogP contribution is 2.35. The van der Waals surface area contributed by atoms with Crippen LogP contribution >= 0.6 is 45.5 Å². The molecule has 2 aromatic heterocycles. The Morgan fingerprint density at radius 2 is 2.19 bits per heavy atom. The first-order valence-electron chi connectivity index (χ1n) is 5.79. The number of thiophene rings is 1. The molecule has 0 aliphatic heterocycles. The lowest BCUT2D eigenvalue weighted by Crippen LogP contribution is -1.99. The van der Waals surface area contributed by atoms with Gasteiger partial charge < -0.3 is 9.52 Å². The van der Waals surface area contributed by atoms with Gasteiger partial charge in [0.25, 0.3) is 0 Å². The molecule has 0 aliphatic rings. The van der Waals surface area contributed by atoms with Crippen molar-refractivity contribution in [1.29, 1.82) is 0 Å². The first kappa shape index (κ1) is 14.6. The number of hydrogen-bond acceptors (Lipinski definition) is 4. The third kappa shape index (κ3) is 2.83. The summed E-state index contributed by atoms with van der Waals surface area (Å²) in [7, 11) is 0. The molecule has 0 fully saturated rings. The van der Waals surface area contributed by atoms with E-state index in [0.29, 0.717) is 16.5 Å². The van der Waals surface area contributed by atoms with E-state index in [1.165, 1.54) is 11.3 Å². The quantitative estimate of drug-likeness (QED) is 0.591. The Morgan fingerprint density at radius 1 is 1.38 bits per heavy atom. The summed E-state index contributed by atoms with van der Waals surface area (Å²) in [5.74, 6) is -0.613. The molecule has 4 nitrogen and oxygen atoms in total. The summed E-state index contributed by atoms with van der Waals surface area (Å²) in [4.78, 5) is 16.3. The number of carbonyl (C=O) groups is 1. The van der Waals surface area contributed by atoms with Gasteiger partial charge in [0, 0.05) is 14.2 Å². The molecule has 0 spiro atoms. The molecule has 0 radical (unpaired) electrons. The third-order valence-corrected chi connectivity index (χ3v) is 4.77. The van der Waals surface area contributed by atoms with Gasteiger partial charge in [-0.05, 0) is 52.2 Å². The van der Waals surface area contributed by atoms with E-state index in [0.717, 1.165) is 8.45 Å². The summed E-state index contributed by atoms with van der Waals surface area (Å²) in [5, 5.41) is 11.7. The second-order valence-electron chi connectivity index (χ2n) is 4.10. The average Bonchev–Trinajstić information content (AvgIpc) is 3.09. The van der Waals surface area contributed by atoms with Crippen molar-refractivity contribution >= 4 is 51.5 Å². The van der Waals surface area contributed by atoms with E-state index in [1.807, 2.05) is 17.5 Å². The number of rotatable bonds is 3. The topological polar surface area (TPSA) is 63.3 Å². The van der Waals surface area contributed by atoms with Crippen LogP contribution < -0.4 is 0 Å². The van der Waals surface area contributed by atoms with E-state index < -0.39 is 5.97 Å². The molecule has 0 unspecified atom stereocenters. The van der Waals surface area contributed by atoms with Crippen molar-refractivity contribution in [1.82, 2.24) is 4.98 Å².